The lowest BCUT2D eigenvalue weighted by molar-refractivity contribution is -0.192. The number of nitrogens with zero attached hydrogens (tertiary/aromatic N) is 3. The van der Waals surface area contributed by atoms with Crippen LogP contribution >= 0.6 is 0 Å². The van der Waals surface area contributed by atoms with Gasteiger partial charge in [-0.2, -0.15) is 13.2 Å². The summed E-state index contributed by atoms with van der Waals surface area (Å²) >= 11 is 0. The molecule has 6 atom stereocenters. The summed E-state index contributed by atoms with van der Waals surface area (Å²) in [6.07, 6.45) is -1.37. The Hall–Kier alpha value is -6.36. The highest BCUT2D eigenvalue weighted by Crippen LogP contribution is 2.23. The number of nitrogens with one attached hydrogen (secondary N) is 6. The molecule has 21 nitrogen and oxygen atoms in total. The minimum atomic E-state index is -5.08. The summed E-state index contributed by atoms with van der Waals surface area (Å²) in [5.41, 5.74) is 10.7. The number of guanidine groups is 2. The van der Waals surface area contributed by atoms with E-state index in [0.29, 0.717) is 44.2 Å². The molecule has 1 aromatic carbocycles. The fraction of sp³-hybridized carbons (Fsp3) is 0.659. The number of alkyl halides is 3. The van der Waals surface area contributed by atoms with Crippen molar-refractivity contribution in [3.63, 3.8) is 0 Å². The number of likely N-dealkylation sites (tertiary alicyclic amines) is 1. The molecular formula is C44H70F3N11O10. The zero-order chi connectivity index (χ0) is 51.4. The number of carbonyl (C=O) groups excluding carboxylic acids is 5. The number of phenols is 1. The van der Waals surface area contributed by atoms with Crippen molar-refractivity contribution < 1.29 is 62.1 Å². The third kappa shape index (κ3) is 20.7. The van der Waals surface area contributed by atoms with Gasteiger partial charge in [-0.15, -0.1) is 0 Å². The highest BCUT2D eigenvalue weighted by atomic mass is 19.4. The molecule has 1 aromatic rings. The molecule has 382 valence electrons. The third-order valence-electron chi connectivity index (χ3n) is 10.8. The predicted molar refractivity (Wildman–Crippen MR) is 246 cm³/mol. The van der Waals surface area contributed by atoms with E-state index >= 15 is 0 Å². The summed E-state index contributed by atoms with van der Waals surface area (Å²) in [6, 6.07) is 0.502. The average Bonchev–Trinajstić information content (AvgIpc) is 3.75. The fourth-order valence-corrected chi connectivity index (χ4v) is 7.19. The number of phenolic OH excluding ortho intramolecular Hbond substituents is 1. The molecule has 0 aliphatic carbocycles. The number of carboxylic acids is 2. The van der Waals surface area contributed by atoms with Crippen LogP contribution in [0.25, 0.3) is 0 Å². The molecule has 0 aromatic heterocycles. The van der Waals surface area contributed by atoms with Gasteiger partial charge in [-0.05, 0) is 80.4 Å². The quantitative estimate of drug-likeness (QED) is 0.0441. The summed E-state index contributed by atoms with van der Waals surface area (Å²) in [5, 5.41) is 44.3. The monoisotopic (exact) mass is 970 g/mol. The average molecular weight is 970 g/mol. The van der Waals surface area contributed by atoms with E-state index in [-0.39, 0.29) is 55.9 Å². The van der Waals surface area contributed by atoms with Crippen LogP contribution in [0.4, 0.5) is 13.2 Å². The first-order chi connectivity index (χ1) is 31.7. The molecule has 68 heavy (non-hydrogen) atoms. The van der Waals surface area contributed by atoms with Gasteiger partial charge in [0.1, 0.15) is 36.0 Å². The van der Waals surface area contributed by atoms with Crippen LogP contribution in [0.5, 0.6) is 5.75 Å². The van der Waals surface area contributed by atoms with Crippen LogP contribution in [-0.4, -0.2) is 143 Å². The summed E-state index contributed by atoms with van der Waals surface area (Å²) < 4.78 is 31.7. The number of nitrogens with two attached hydrogens (primary N) is 2. The number of benzene rings is 1. The Labute approximate surface area is 394 Å². The second-order valence-electron chi connectivity index (χ2n) is 18.3. The lowest BCUT2D eigenvalue weighted by Gasteiger charge is -2.33. The van der Waals surface area contributed by atoms with Gasteiger partial charge in [0, 0.05) is 45.1 Å². The molecule has 2 aliphatic rings. The van der Waals surface area contributed by atoms with E-state index in [1.807, 2.05) is 13.8 Å². The molecule has 13 N–H and O–H groups in total. The smallest absolute Gasteiger partial charge is 0.490 e. The largest absolute Gasteiger partial charge is 0.508 e. The molecule has 2 aliphatic heterocycles. The normalized spacial score (nSPS) is 17.0. The van der Waals surface area contributed by atoms with Crippen LogP contribution in [0, 0.1) is 17.3 Å². The van der Waals surface area contributed by atoms with Crippen molar-refractivity contribution in [2.45, 2.75) is 136 Å². The third-order valence-corrected chi connectivity index (χ3v) is 10.8. The van der Waals surface area contributed by atoms with E-state index in [0.717, 1.165) is 25.5 Å². The van der Waals surface area contributed by atoms with Crippen LogP contribution in [-0.2, 0) is 40.0 Å². The van der Waals surface area contributed by atoms with Crippen molar-refractivity contribution in [3.8, 4) is 5.75 Å². The lowest BCUT2D eigenvalue weighted by Crippen LogP contribution is -2.61. The van der Waals surface area contributed by atoms with E-state index < -0.39 is 83.3 Å². The second kappa shape index (κ2) is 27.5. The Morgan fingerprint density at radius 2 is 1.50 bits per heavy atom. The van der Waals surface area contributed by atoms with Gasteiger partial charge in [0.15, 0.2) is 11.9 Å². The van der Waals surface area contributed by atoms with Crippen LogP contribution in [0.1, 0.15) is 98.5 Å². The van der Waals surface area contributed by atoms with Crippen LogP contribution in [0.15, 0.2) is 34.3 Å². The van der Waals surface area contributed by atoms with Crippen LogP contribution in [0.3, 0.4) is 0 Å². The highest BCUT2D eigenvalue weighted by Gasteiger charge is 2.41. The zero-order valence-electron chi connectivity index (χ0n) is 39.6. The Kier molecular flexibility index (Phi) is 23.3. The molecule has 3 rings (SSSR count). The Morgan fingerprint density at radius 3 is 2.04 bits per heavy atom. The van der Waals surface area contributed by atoms with Crippen molar-refractivity contribution in [2.75, 3.05) is 32.7 Å². The van der Waals surface area contributed by atoms with E-state index in [1.54, 1.807) is 39.8 Å². The van der Waals surface area contributed by atoms with Gasteiger partial charge in [-0.25, -0.2) is 9.59 Å². The molecule has 1 saturated heterocycles. The Bertz CT molecular complexity index is 1920. The number of carboxylic acid groups (broad SMARTS) is 2. The van der Waals surface area contributed by atoms with Crippen molar-refractivity contribution in [1.29, 1.82) is 0 Å². The minimum absolute atomic E-state index is 0.00160. The maximum absolute atomic E-state index is 14.3. The van der Waals surface area contributed by atoms with Gasteiger partial charge in [0.2, 0.25) is 29.5 Å². The summed E-state index contributed by atoms with van der Waals surface area (Å²) in [5.74, 6) is -6.53. The van der Waals surface area contributed by atoms with Crippen molar-refractivity contribution in [3.05, 3.63) is 29.8 Å². The van der Waals surface area contributed by atoms with Crippen LogP contribution < -0.4 is 43.4 Å². The van der Waals surface area contributed by atoms with Crippen LogP contribution in [0.2, 0.25) is 0 Å². The molecule has 2 heterocycles. The van der Waals surface area contributed by atoms with Crippen molar-refractivity contribution >= 4 is 53.4 Å². The maximum atomic E-state index is 14.3. The van der Waals surface area contributed by atoms with Gasteiger partial charge in [0.25, 0.3) is 0 Å². The van der Waals surface area contributed by atoms with Gasteiger partial charge >= 0.3 is 18.1 Å². The van der Waals surface area contributed by atoms with Gasteiger partial charge in [-0.1, -0.05) is 53.7 Å². The Balaban J connectivity index is 0.00000209. The molecule has 1 fully saturated rings. The molecule has 24 heteroatoms. The molecule has 0 saturated carbocycles. The van der Waals surface area contributed by atoms with E-state index in [1.165, 1.54) is 17.0 Å². The number of hydrogen-bond acceptors (Lipinski definition) is 12. The van der Waals surface area contributed by atoms with Gasteiger partial charge in [0.05, 0.1) is 0 Å². The van der Waals surface area contributed by atoms with E-state index in [9.17, 15) is 52.2 Å². The number of aromatic hydroxyl groups is 1. The highest BCUT2D eigenvalue weighted by molar-refractivity contribution is 5.97. The number of aliphatic carboxylic acids is 2. The number of carbonyl (C=O) groups is 7. The van der Waals surface area contributed by atoms with Crippen molar-refractivity contribution in [2.24, 2.45) is 38.7 Å². The molecule has 0 spiro atoms. The number of hydrogen-bond donors (Lipinski definition) is 11. The van der Waals surface area contributed by atoms with Crippen molar-refractivity contribution in [1.82, 2.24) is 36.8 Å². The molecule has 0 radical (unpaired) electrons. The SMILES string of the molecule is CC(C)C[C@H](NC(=O)[C@@H](NC(=O)[C@H](Cc1ccc(O)cc1)NC(=O)[C@@H]1CCCN1C(=O)[C@H](CCCN=C(N)N)NC(=O)[C@@H](C)CCCNC1=NCCCN1)C(C)(C)C)C(=O)O.O=C(O)C(F)(F)F. The number of halogens is 3. The first kappa shape index (κ1) is 57.8. The maximum Gasteiger partial charge on any atom is 0.490 e. The minimum Gasteiger partial charge on any atom is -0.508 e. The first-order valence-electron chi connectivity index (χ1n) is 22.6. The fourth-order valence-electron chi connectivity index (χ4n) is 7.19. The first-order valence-corrected chi connectivity index (χ1v) is 22.6. The summed E-state index contributed by atoms with van der Waals surface area (Å²) in [4.78, 5) is 100. The second-order valence-corrected chi connectivity index (χ2v) is 18.3. The summed E-state index contributed by atoms with van der Waals surface area (Å²) in [7, 11) is 0. The predicted octanol–water partition coefficient (Wildman–Crippen LogP) is 1.08. The number of amides is 5. The topological polar surface area (TPSA) is 332 Å². The van der Waals surface area contributed by atoms with E-state index in [2.05, 4.69) is 41.9 Å². The zero-order valence-corrected chi connectivity index (χ0v) is 39.6. The summed E-state index contributed by atoms with van der Waals surface area (Å²) in [6.45, 7) is 13.3. The number of aliphatic imine (C=N–C) groups is 2. The molecule has 5 amide bonds. The molecule has 0 unspecified atom stereocenters. The number of rotatable bonds is 22. The van der Waals surface area contributed by atoms with Gasteiger partial charge < -0.3 is 63.6 Å². The standard InChI is InChI=1S/C42H69N11O8.C2HF3O2/c1-25(2)23-31(39(60)61)51-37(58)33(42(4,5)6)52-35(56)30(24-27-14-16-28(54)17-15-27)50-36(57)32-13-9-22-53(32)38(59)29(12-8-18-45-40(43)44)49-34(55)26(3)11-7-19-46-41-47-20-10-21-48-41;3-2(4,5)1(6)7/h14-17,25-26,29-33,54H,7-13,18-24H2,1-6H3,(H,49,55)(H,50,57)(H,51,58)(H,52,56)(H,60,61)(H4,43,44,45)(H2,46,47,48);(H,6,7)/t26-,29-,30-,31-,32-,33+;/m0./s1. The van der Waals surface area contributed by atoms with Gasteiger partial charge in [-0.3, -0.25) is 34.0 Å². The lowest BCUT2D eigenvalue weighted by atomic mass is 9.85. The Morgan fingerprint density at radius 1 is 0.868 bits per heavy atom. The van der Waals surface area contributed by atoms with E-state index in [4.69, 9.17) is 21.4 Å². The molecular weight excluding hydrogens is 900 g/mol. The molecule has 0 bridgehead atoms.